The van der Waals surface area contributed by atoms with E-state index in [0.717, 1.165) is 12.8 Å². The molecule has 0 atom stereocenters. The van der Waals surface area contributed by atoms with Gasteiger partial charge in [0.1, 0.15) is 0 Å². The molecular weight excluding hydrogens is 270 g/mol. The number of amides is 1. The van der Waals surface area contributed by atoms with E-state index in [1.165, 1.54) is 25.7 Å². The average Bonchev–Trinajstić information content (AvgIpc) is 2.49. The molecule has 0 spiro atoms. The number of ether oxygens (including phenoxy) is 1. The standard InChI is InChI=1S/C16H29NO4/c1-2-3-4-5-6-7-8-14(18)17-13-16(15(19)20)9-11-21-12-10-16/h2-13H2,1H3,(H,17,18)(H,19,20). The molecule has 1 heterocycles. The van der Waals surface area contributed by atoms with Crippen molar-refractivity contribution in [2.75, 3.05) is 19.8 Å². The van der Waals surface area contributed by atoms with Gasteiger partial charge in [-0.3, -0.25) is 9.59 Å². The Morgan fingerprint density at radius 3 is 2.33 bits per heavy atom. The number of unbranched alkanes of at least 4 members (excludes halogenated alkanes) is 5. The van der Waals surface area contributed by atoms with Crippen molar-refractivity contribution in [2.45, 2.75) is 64.7 Å². The van der Waals surface area contributed by atoms with Crippen LogP contribution in [0.15, 0.2) is 0 Å². The average molecular weight is 299 g/mol. The maximum atomic E-state index is 11.8. The summed E-state index contributed by atoms with van der Waals surface area (Å²) in [5, 5.41) is 12.2. The van der Waals surface area contributed by atoms with Crippen LogP contribution >= 0.6 is 0 Å². The van der Waals surface area contributed by atoms with Crippen LogP contribution in [0.2, 0.25) is 0 Å². The highest BCUT2D eigenvalue weighted by molar-refractivity contribution is 5.79. The van der Waals surface area contributed by atoms with Crippen LogP contribution in [-0.2, 0) is 14.3 Å². The Kier molecular flexibility index (Phi) is 8.35. The minimum absolute atomic E-state index is 0.0300. The zero-order valence-corrected chi connectivity index (χ0v) is 13.2. The van der Waals surface area contributed by atoms with E-state index in [1.54, 1.807) is 0 Å². The number of carbonyl (C=O) groups excluding carboxylic acids is 1. The number of carboxylic acids is 1. The van der Waals surface area contributed by atoms with Gasteiger partial charge < -0.3 is 15.2 Å². The summed E-state index contributed by atoms with van der Waals surface area (Å²) in [6.45, 7) is 3.32. The first-order valence-electron chi connectivity index (χ1n) is 8.18. The van der Waals surface area contributed by atoms with Crippen LogP contribution in [0.4, 0.5) is 0 Å². The van der Waals surface area contributed by atoms with Crippen LogP contribution in [0, 0.1) is 5.41 Å². The van der Waals surface area contributed by atoms with Crippen LogP contribution in [0.5, 0.6) is 0 Å². The van der Waals surface area contributed by atoms with Gasteiger partial charge in [0.05, 0.1) is 5.41 Å². The lowest BCUT2D eigenvalue weighted by Crippen LogP contribution is -2.46. The molecule has 0 unspecified atom stereocenters. The summed E-state index contributed by atoms with van der Waals surface area (Å²) in [7, 11) is 0. The first-order valence-corrected chi connectivity index (χ1v) is 8.18. The van der Waals surface area contributed by atoms with Gasteiger partial charge in [0, 0.05) is 26.2 Å². The molecule has 1 amide bonds. The molecule has 0 radical (unpaired) electrons. The molecule has 2 N–H and O–H groups in total. The van der Waals surface area contributed by atoms with Crippen molar-refractivity contribution in [2.24, 2.45) is 5.41 Å². The molecule has 5 nitrogen and oxygen atoms in total. The Morgan fingerprint density at radius 1 is 1.10 bits per heavy atom. The smallest absolute Gasteiger partial charge is 0.311 e. The maximum Gasteiger partial charge on any atom is 0.311 e. The Hall–Kier alpha value is -1.10. The highest BCUT2D eigenvalue weighted by Crippen LogP contribution is 2.30. The largest absolute Gasteiger partial charge is 0.481 e. The van der Waals surface area contributed by atoms with Crippen LogP contribution in [0.25, 0.3) is 0 Å². The molecule has 5 heteroatoms. The van der Waals surface area contributed by atoms with Crippen molar-refractivity contribution in [1.82, 2.24) is 5.32 Å². The quantitative estimate of drug-likeness (QED) is 0.608. The summed E-state index contributed by atoms with van der Waals surface area (Å²) >= 11 is 0. The molecule has 1 aliphatic rings. The molecule has 1 fully saturated rings. The fourth-order valence-corrected chi connectivity index (χ4v) is 2.65. The van der Waals surface area contributed by atoms with E-state index in [1.807, 2.05) is 0 Å². The molecule has 0 bridgehead atoms. The summed E-state index contributed by atoms with van der Waals surface area (Å²) in [4.78, 5) is 23.2. The molecule has 0 saturated carbocycles. The lowest BCUT2D eigenvalue weighted by Gasteiger charge is -2.33. The highest BCUT2D eigenvalue weighted by atomic mass is 16.5. The SMILES string of the molecule is CCCCCCCCC(=O)NCC1(C(=O)O)CCOCC1. The third-order valence-corrected chi connectivity index (χ3v) is 4.28. The van der Waals surface area contributed by atoms with Crippen molar-refractivity contribution < 1.29 is 19.4 Å². The van der Waals surface area contributed by atoms with Crippen molar-refractivity contribution in [1.29, 1.82) is 0 Å². The van der Waals surface area contributed by atoms with Gasteiger partial charge in [-0.2, -0.15) is 0 Å². The van der Waals surface area contributed by atoms with Gasteiger partial charge in [-0.25, -0.2) is 0 Å². The lowest BCUT2D eigenvalue weighted by atomic mass is 9.80. The minimum Gasteiger partial charge on any atom is -0.481 e. The number of hydrogen-bond acceptors (Lipinski definition) is 3. The third-order valence-electron chi connectivity index (χ3n) is 4.28. The van der Waals surface area contributed by atoms with Gasteiger partial charge in [0.25, 0.3) is 0 Å². The second-order valence-corrected chi connectivity index (χ2v) is 5.99. The Labute approximate surface area is 127 Å². The zero-order chi connectivity index (χ0) is 15.6. The number of carboxylic acid groups (broad SMARTS) is 1. The van der Waals surface area contributed by atoms with Gasteiger partial charge in [-0.15, -0.1) is 0 Å². The van der Waals surface area contributed by atoms with Gasteiger partial charge >= 0.3 is 5.97 Å². The molecule has 21 heavy (non-hydrogen) atoms. The summed E-state index contributed by atoms with van der Waals surface area (Å²) < 4.78 is 5.22. The molecule has 0 aromatic heterocycles. The summed E-state index contributed by atoms with van der Waals surface area (Å²) in [6.07, 6.45) is 8.30. The first kappa shape index (κ1) is 18.0. The topological polar surface area (TPSA) is 75.6 Å². The third kappa shape index (κ3) is 6.46. The van der Waals surface area contributed by atoms with E-state index in [2.05, 4.69) is 12.2 Å². The Morgan fingerprint density at radius 2 is 1.71 bits per heavy atom. The monoisotopic (exact) mass is 299 g/mol. The van der Waals surface area contributed by atoms with Gasteiger partial charge in [0.2, 0.25) is 5.91 Å². The molecule has 1 saturated heterocycles. The molecule has 1 rings (SSSR count). The lowest BCUT2D eigenvalue weighted by molar-refractivity contribution is -0.154. The predicted octanol–water partition coefficient (Wildman–Crippen LogP) is 2.73. The fourth-order valence-electron chi connectivity index (χ4n) is 2.65. The van der Waals surface area contributed by atoms with E-state index >= 15 is 0 Å². The van der Waals surface area contributed by atoms with E-state index in [-0.39, 0.29) is 12.5 Å². The summed E-state index contributed by atoms with van der Waals surface area (Å²) in [5.74, 6) is -0.858. The summed E-state index contributed by atoms with van der Waals surface area (Å²) in [5.41, 5.74) is -0.838. The minimum atomic E-state index is -0.838. The van der Waals surface area contributed by atoms with E-state index in [9.17, 15) is 14.7 Å². The number of rotatable bonds is 10. The van der Waals surface area contributed by atoms with Crippen LogP contribution in [-0.4, -0.2) is 36.7 Å². The van der Waals surface area contributed by atoms with Gasteiger partial charge in [-0.05, 0) is 19.3 Å². The number of aliphatic carboxylic acids is 1. The molecule has 122 valence electrons. The van der Waals surface area contributed by atoms with Crippen LogP contribution < -0.4 is 5.32 Å². The molecule has 0 aromatic carbocycles. The Balaban J connectivity index is 2.20. The molecule has 0 aromatic rings. The van der Waals surface area contributed by atoms with E-state index in [0.29, 0.717) is 32.5 Å². The van der Waals surface area contributed by atoms with Crippen molar-refractivity contribution >= 4 is 11.9 Å². The highest BCUT2D eigenvalue weighted by Gasteiger charge is 2.40. The van der Waals surface area contributed by atoms with E-state index in [4.69, 9.17) is 4.74 Å². The van der Waals surface area contributed by atoms with E-state index < -0.39 is 11.4 Å². The van der Waals surface area contributed by atoms with Crippen molar-refractivity contribution in [3.63, 3.8) is 0 Å². The van der Waals surface area contributed by atoms with Gasteiger partial charge in [-0.1, -0.05) is 39.0 Å². The van der Waals surface area contributed by atoms with Crippen molar-refractivity contribution in [3.05, 3.63) is 0 Å². The van der Waals surface area contributed by atoms with Crippen LogP contribution in [0.1, 0.15) is 64.7 Å². The van der Waals surface area contributed by atoms with Crippen molar-refractivity contribution in [3.8, 4) is 0 Å². The molecule has 1 aliphatic heterocycles. The molecular formula is C16H29NO4. The first-order chi connectivity index (χ1) is 10.1. The second kappa shape index (κ2) is 9.77. The molecule has 0 aliphatic carbocycles. The number of carbonyl (C=O) groups is 2. The zero-order valence-electron chi connectivity index (χ0n) is 13.2. The fraction of sp³-hybridized carbons (Fsp3) is 0.875. The number of nitrogens with one attached hydrogen (secondary N) is 1. The summed E-state index contributed by atoms with van der Waals surface area (Å²) in [6, 6.07) is 0. The van der Waals surface area contributed by atoms with Gasteiger partial charge in [0.15, 0.2) is 0 Å². The van der Waals surface area contributed by atoms with Crippen LogP contribution in [0.3, 0.4) is 0 Å². The normalized spacial score (nSPS) is 17.4. The second-order valence-electron chi connectivity index (χ2n) is 5.99. The maximum absolute atomic E-state index is 11.8. The number of hydrogen-bond donors (Lipinski definition) is 2. The predicted molar refractivity (Wildman–Crippen MR) is 81.1 cm³/mol. The Bertz CT molecular complexity index is 324.